The third-order valence-corrected chi connectivity index (χ3v) is 5.93. The summed E-state index contributed by atoms with van der Waals surface area (Å²) in [6.45, 7) is 4.43. The van der Waals surface area contributed by atoms with Crippen LogP contribution in [0.25, 0.3) is 10.2 Å². The Kier molecular flexibility index (Phi) is 5.32. The van der Waals surface area contributed by atoms with E-state index in [2.05, 4.69) is 0 Å². The molecule has 1 aromatic heterocycles. The largest absolute Gasteiger partial charge is 0.497 e. The predicted molar refractivity (Wildman–Crippen MR) is 119 cm³/mol. The molecule has 146 valence electrons. The summed E-state index contributed by atoms with van der Waals surface area (Å²) in [5, 5.41) is 0.683. The van der Waals surface area contributed by atoms with Crippen LogP contribution in [0.5, 0.6) is 5.75 Å². The van der Waals surface area contributed by atoms with Gasteiger partial charge in [0.25, 0.3) is 5.91 Å². The van der Waals surface area contributed by atoms with Crippen molar-refractivity contribution in [2.75, 3.05) is 12.0 Å². The molecule has 0 bridgehead atoms. The minimum absolute atomic E-state index is 0.0407. The summed E-state index contributed by atoms with van der Waals surface area (Å²) < 4.78 is 6.34. The van der Waals surface area contributed by atoms with Crippen molar-refractivity contribution in [1.82, 2.24) is 4.98 Å². The van der Waals surface area contributed by atoms with E-state index >= 15 is 0 Å². The summed E-state index contributed by atoms with van der Waals surface area (Å²) in [5.74, 6) is 0.714. The molecular formula is C24H22N2O2S. The lowest BCUT2D eigenvalue weighted by atomic mass is 10.0. The van der Waals surface area contributed by atoms with E-state index in [-0.39, 0.29) is 5.91 Å². The molecule has 1 heterocycles. The van der Waals surface area contributed by atoms with Crippen molar-refractivity contribution in [3.63, 3.8) is 0 Å². The normalized spacial score (nSPS) is 10.9. The molecule has 0 radical (unpaired) electrons. The van der Waals surface area contributed by atoms with E-state index < -0.39 is 0 Å². The first kappa shape index (κ1) is 19.2. The van der Waals surface area contributed by atoms with E-state index in [4.69, 9.17) is 9.72 Å². The van der Waals surface area contributed by atoms with Crippen molar-refractivity contribution in [2.45, 2.75) is 20.4 Å². The summed E-state index contributed by atoms with van der Waals surface area (Å²) in [5.41, 5.74) is 4.62. The van der Waals surface area contributed by atoms with Gasteiger partial charge in [-0.25, -0.2) is 4.98 Å². The topological polar surface area (TPSA) is 42.4 Å². The fourth-order valence-corrected chi connectivity index (χ4v) is 4.19. The van der Waals surface area contributed by atoms with Gasteiger partial charge in [0, 0.05) is 11.6 Å². The van der Waals surface area contributed by atoms with Gasteiger partial charge in [-0.15, -0.1) is 0 Å². The van der Waals surface area contributed by atoms with Crippen LogP contribution in [0.2, 0.25) is 0 Å². The zero-order valence-electron chi connectivity index (χ0n) is 16.7. The highest BCUT2D eigenvalue weighted by atomic mass is 32.1. The number of methoxy groups -OCH3 is 1. The van der Waals surface area contributed by atoms with Crippen LogP contribution >= 0.6 is 11.3 Å². The van der Waals surface area contributed by atoms with Gasteiger partial charge in [-0.2, -0.15) is 0 Å². The molecule has 4 rings (SSSR count). The lowest BCUT2D eigenvalue weighted by Crippen LogP contribution is -2.31. The van der Waals surface area contributed by atoms with Crippen LogP contribution < -0.4 is 9.64 Å². The first-order valence-electron chi connectivity index (χ1n) is 9.43. The van der Waals surface area contributed by atoms with Crippen LogP contribution in [0.15, 0.2) is 66.7 Å². The number of carbonyl (C=O) groups excluding carboxylic acids is 1. The average Bonchev–Trinajstić information content (AvgIpc) is 3.16. The van der Waals surface area contributed by atoms with E-state index in [1.54, 1.807) is 12.0 Å². The molecule has 5 heteroatoms. The van der Waals surface area contributed by atoms with Gasteiger partial charge in [-0.1, -0.05) is 59.4 Å². The van der Waals surface area contributed by atoms with Crippen molar-refractivity contribution >= 4 is 32.6 Å². The Hall–Kier alpha value is -3.18. The first-order chi connectivity index (χ1) is 14.0. The van der Waals surface area contributed by atoms with Gasteiger partial charge in [0.2, 0.25) is 0 Å². The standard InChI is InChI=1S/C24H22N2O2S/c1-16-9-10-17(2)20(13-16)23(27)26(15-18-7-5-4-6-8-18)24-25-21-14-19(28-3)11-12-22(21)29-24/h4-14H,15H2,1-3H3. The number of amides is 1. The Morgan fingerprint density at radius 2 is 1.83 bits per heavy atom. The Balaban J connectivity index is 1.79. The van der Waals surface area contributed by atoms with Gasteiger partial charge in [-0.05, 0) is 43.2 Å². The smallest absolute Gasteiger partial charge is 0.260 e. The molecule has 4 nitrogen and oxygen atoms in total. The highest BCUT2D eigenvalue weighted by Crippen LogP contribution is 2.33. The number of hydrogen-bond donors (Lipinski definition) is 0. The molecule has 0 aliphatic carbocycles. The fourth-order valence-electron chi connectivity index (χ4n) is 3.24. The maximum atomic E-state index is 13.6. The summed E-state index contributed by atoms with van der Waals surface area (Å²) in [7, 11) is 1.64. The average molecular weight is 403 g/mol. The number of anilines is 1. The van der Waals surface area contributed by atoms with Crippen LogP contribution in [0.4, 0.5) is 5.13 Å². The van der Waals surface area contributed by atoms with E-state index in [1.165, 1.54) is 11.3 Å². The molecule has 0 saturated heterocycles. The molecule has 4 aromatic rings. The molecule has 1 amide bonds. The van der Waals surface area contributed by atoms with Crippen LogP contribution in [-0.2, 0) is 6.54 Å². The third-order valence-electron chi connectivity index (χ3n) is 4.87. The number of ether oxygens (including phenoxy) is 1. The number of nitrogens with zero attached hydrogens (tertiary/aromatic N) is 2. The van der Waals surface area contributed by atoms with Crippen molar-refractivity contribution in [2.24, 2.45) is 0 Å². The highest BCUT2D eigenvalue weighted by Gasteiger charge is 2.23. The van der Waals surface area contributed by atoms with Crippen molar-refractivity contribution < 1.29 is 9.53 Å². The molecule has 29 heavy (non-hydrogen) atoms. The van der Waals surface area contributed by atoms with Gasteiger partial charge in [0.05, 0.1) is 23.9 Å². The molecule has 0 N–H and O–H groups in total. The lowest BCUT2D eigenvalue weighted by molar-refractivity contribution is 0.0984. The monoisotopic (exact) mass is 402 g/mol. The van der Waals surface area contributed by atoms with E-state index in [1.807, 2.05) is 80.6 Å². The SMILES string of the molecule is COc1ccc2sc(N(Cc3ccccc3)C(=O)c3cc(C)ccc3C)nc2c1. The van der Waals surface area contributed by atoms with Crippen molar-refractivity contribution in [3.05, 3.63) is 89.0 Å². The zero-order valence-corrected chi connectivity index (χ0v) is 17.5. The van der Waals surface area contributed by atoms with E-state index in [9.17, 15) is 4.79 Å². The van der Waals surface area contributed by atoms with Crippen molar-refractivity contribution in [3.8, 4) is 5.75 Å². The summed E-state index contributed by atoms with van der Waals surface area (Å²) >= 11 is 1.52. The summed E-state index contributed by atoms with van der Waals surface area (Å²) in [6.07, 6.45) is 0. The van der Waals surface area contributed by atoms with Gasteiger partial charge in [0.1, 0.15) is 5.75 Å². The van der Waals surface area contributed by atoms with Gasteiger partial charge in [0.15, 0.2) is 5.13 Å². The Morgan fingerprint density at radius 1 is 1.03 bits per heavy atom. The number of hydrogen-bond acceptors (Lipinski definition) is 4. The first-order valence-corrected chi connectivity index (χ1v) is 10.2. The quantitative estimate of drug-likeness (QED) is 0.426. The summed E-state index contributed by atoms with van der Waals surface area (Å²) in [6, 6.07) is 21.8. The second-order valence-corrected chi connectivity index (χ2v) is 8.03. The molecular weight excluding hydrogens is 380 g/mol. The van der Waals surface area contributed by atoms with E-state index in [0.717, 1.165) is 32.7 Å². The molecule has 0 saturated carbocycles. The number of carbonyl (C=O) groups is 1. The van der Waals surface area contributed by atoms with Gasteiger partial charge < -0.3 is 4.74 Å². The van der Waals surface area contributed by atoms with E-state index in [0.29, 0.717) is 17.2 Å². The molecule has 0 unspecified atom stereocenters. The highest BCUT2D eigenvalue weighted by molar-refractivity contribution is 7.22. The number of aromatic nitrogens is 1. The Bertz CT molecular complexity index is 1170. The van der Waals surface area contributed by atoms with Crippen molar-refractivity contribution in [1.29, 1.82) is 0 Å². The van der Waals surface area contributed by atoms with Crippen LogP contribution in [-0.4, -0.2) is 18.0 Å². The molecule has 0 atom stereocenters. The number of thiazole rings is 1. The zero-order chi connectivity index (χ0) is 20.4. The maximum absolute atomic E-state index is 13.6. The second-order valence-electron chi connectivity index (χ2n) is 7.03. The lowest BCUT2D eigenvalue weighted by Gasteiger charge is -2.21. The maximum Gasteiger partial charge on any atom is 0.260 e. The minimum atomic E-state index is -0.0407. The van der Waals surface area contributed by atoms with Gasteiger partial charge >= 0.3 is 0 Å². The minimum Gasteiger partial charge on any atom is -0.497 e. The molecule has 0 spiro atoms. The number of benzene rings is 3. The Labute approximate surface area is 174 Å². The van der Waals surface area contributed by atoms with Crippen LogP contribution in [0.1, 0.15) is 27.0 Å². The molecule has 0 aliphatic heterocycles. The Morgan fingerprint density at radius 3 is 2.59 bits per heavy atom. The predicted octanol–water partition coefficient (Wildman–Crippen LogP) is 5.77. The number of rotatable bonds is 5. The molecule has 0 fully saturated rings. The molecule has 0 aliphatic rings. The van der Waals surface area contributed by atoms with Gasteiger partial charge in [-0.3, -0.25) is 9.69 Å². The fraction of sp³-hybridized carbons (Fsp3) is 0.167. The second kappa shape index (κ2) is 8.05. The van der Waals surface area contributed by atoms with Crippen LogP contribution in [0.3, 0.4) is 0 Å². The third kappa shape index (κ3) is 4.00. The van der Waals surface area contributed by atoms with Crippen LogP contribution in [0, 0.1) is 13.8 Å². The number of fused-ring (bicyclic) bond motifs is 1. The molecule has 3 aromatic carbocycles. The number of aryl methyl sites for hydroxylation is 2. The summed E-state index contributed by atoms with van der Waals surface area (Å²) in [4.78, 5) is 20.1.